The largest absolute Gasteiger partial charge is 0.756 e. The predicted molar refractivity (Wildman–Crippen MR) is 241 cm³/mol. The van der Waals surface area contributed by atoms with Gasteiger partial charge >= 0.3 is 11.9 Å². The molecule has 0 aliphatic rings. The normalized spacial score (nSPS) is 13.8. The Hall–Kier alpha value is -1.77. The molecule has 10 heteroatoms. The van der Waals surface area contributed by atoms with Gasteiger partial charge in [0.25, 0.3) is 7.82 Å². The molecule has 0 spiro atoms. The molecule has 9 nitrogen and oxygen atoms in total. The molecule has 0 aromatic heterocycles. The molecular weight excluding hydrogens is 750 g/mol. The van der Waals surface area contributed by atoms with E-state index in [2.05, 4.69) is 50.3 Å². The summed E-state index contributed by atoms with van der Waals surface area (Å²) in [4.78, 5) is 37.6. The summed E-state index contributed by atoms with van der Waals surface area (Å²) in [6.07, 6.45) is 46.1. The zero-order chi connectivity index (χ0) is 42.8. The molecule has 2 atom stereocenters. The van der Waals surface area contributed by atoms with Crippen molar-refractivity contribution in [3.63, 3.8) is 0 Å². The predicted octanol–water partition coefficient (Wildman–Crippen LogP) is 13.1. The van der Waals surface area contributed by atoms with Gasteiger partial charge in [0, 0.05) is 12.8 Å². The Kier molecular flexibility index (Phi) is 39.4. The summed E-state index contributed by atoms with van der Waals surface area (Å²) in [7, 11) is 1.14. The molecule has 340 valence electrons. The zero-order valence-electron chi connectivity index (χ0n) is 38.2. The Labute approximate surface area is 357 Å². The van der Waals surface area contributed by atoms with Crippen LogP contribution in [0.3, 0.4) is 0 Å². The number of quaternary nitrogens is 1. The number of hydrogen-bond donors (Lipinski definition) is 0. The molecular formula is C48H90NO8P. The van der Waals surface area contributed by atoms with Gasteiger partial charge in [-0.2, -0.15) is 0 Å². The Bertz CT molecular complexity index is 1090. The van der Waals surface area contributed by atoms with Gasteiger partial charge in [0.2, 0.25) is 0 Å². The maximum absolute atomic E-state index is 12.7. The van der Waals surface area contributed by atoms with Gasteiger partial charge in [-0.15, -0.1) is 0 Å². The molecule has 0 rings (SSSR count). The summed E-state index contributed by atoms with van der Waals surface area (Å²) < 4.78 is 33.9. The molecule has 0 aliphatic heterocycles. The van der Waals surface area contributed by atoms with Crippen molar-refractivity contribution in [2.24, 2.45) is 0 Å². The fourth-order valence-electron chi connectivity index (χ4n) is 6.44. The van der Waals surface area contributed by atoms with E-state index in [-0.39, 0.29) is 26.1 Å². The Balaban J connectivity index is 4.37. The van der Waals surface area contributed by atoms with Crippen LogP contribution in [0, 0.1) is 0 Å². The number of hydrogen-bond acceptors (Lipinski definition) is 8. The first-order chi connectivity index (χ1) is 28.0. The van der Waals surface area contributed by atoms with E-state index in [1.807, 2.05) is 21.1 Å². The maximum atomic E-state index is 12.7. The average molecular weight is 840 g/mol. The lowest BCUT2D eigenvalue weighted by atomic mass is 10.0. The van der Waals surface area contributed by atoms with Crippen LogP contribution in [0.15, 0.2) is 36.5 Å². The Morgan fingerprint density at radius 3 is 1.43 bits per heavy atom. The van der Waals surface area contributed by atoms with Crippen LogP contribution in [-0.2, 0) is 32.7 Å². The highest BCUT2D eigenvalue weighted by atomic mass is 31.2. The van der Waals surface area contributed by atoms with E-state index in [0.717, 1.165) is 44.9 Å². The third kappa shape index (κ3) is 43.8. The first-order valence-corrected chi connectivity index (χ1v) is 25.2. The minimum absolute atomic E-state index is 0.0372. The van der Waals surface area contributed by atoms with Crippen molar-refractivity contribution in [1.82, 2.24) is 0 Å². The van der Waals surface area contributed by atoms with Gasteiger partial charge in [0.1, 0.15) is 19.8 Å². The number of esters is 2. The first-order valence-electron chi connectivity index (χ1n) is 23.7. The molecule has 0 N–H and O–H groups in total. The van der Waals surface area contributed by atoms with Crippen LogP contribution < -0.4 is 4.89 Å². The monoisotopic (exact) mass is 840 g/mol. The number of phosphoric acid groups is 1. The van der Waals surface area contributed by atoms with Gasteiger partial charge in [0.05, 0.1) is 27.7 Å². The molecule has 58 heavy (non-hydrogen) atoms. The van der Waals surface area contributed by atoms with Gasteiger partial charge in [-0.1, -0.05) is 185 Å². The highest BCUT2D eigenvalue weighted by Crippen LogP contribution is 2.38. The first kappa shape index (κ1) is 56.2. The average Bonchev–Trinajstić information content (AvgIpc) is 3.17. The second-order valence-electron chi connectivity index (χ2n) is 17.1. The van der Waals surface area contributed by atoms with Crippen molar-refractivity contribution < 1.29 is 42.1 Å². The molecule has 0 bridgehead atoms. The molecule has 0 fully saturated rings. The van der Waals surface area contributed by atoms with E-state index in [9.17, 15) is 19.0 Å². The number of likely N-dealkylation sites (N-methyl/N-ethyl adjacent to an activating group) is 1. The topological polar surface area (TPSA) is 111 Å². The number of carbonyl (C=O) groups is 2. The standard InChI is InChI=1S/C48H90NO8P/c1-6-8-10-12-14-16-18-20-22-24-26-28-30-32-34-36-38-40-47(50)54-44-46(45-56-58(52,53)55-43-42-49(3,4)5)57-48(51)41-39-37-35-33-31-29-27-25-23-21-19-17-15-13-11-9-7-2/h20,22,26,28,32,34,46H,6-19,21,23-25,27,29-31,33,35-45H2,1-5H3/b22-20-,28-26-,34-32-/t46-/m1/s1. The molecule has 0 aliphatic carbocycles. The molecule has 0 saturated heterocycles. The number of ether oxygens (including phenoxy) is 2. The second kappa shape index (κ2) is 40.6. The third-order valence-corrected chi connectivity index (χ3v) is 11.1. The van der Waals surface area contributed by atoms with Gasteiger partial charge < -0.3 is 27.9 Å². The smallest absolute Gasteiger partial charge is 0.306 e. The summed E-state index contributed by atoms with van der Waals surface area (Å²) in [5.74, 6) is -0.888. The molecule has 0 heterocycles. The van der Waals surface area contributed by atoms with Gasteiger partial charge in [-0.25, -0.2) is 0 Å². The molecule has 0 amide bonds. The highest BCUT2D eigenvalue weighted by Gasteiger charge is 2.21. The van der Waals surface area contributed by atoms with E-state index in [0.29, 0.717) is 23.9 Å². The molecule has 1 unspecified atom stereocenters. The summed E-state index contributed by atoms with van der Waals surface area (Å²) in [6.45, 7) is 4.18. The number of phosphoric ester groups is 1. The maximum Gasteiger partial charge on any atom is 0.306 e. The number of allylic oxidation sites excluding steroid dienone is 6. The van der Waals surface area contributed by atoms with E-state index < -0.39 is 32.5 Å². The van der Waals surface area contributed by atoms with E-state index in [1.165, 1.54) is 122 Å². The Morgan fingerprint density at radius 1 is 0.534 bits per heavy atom. The number of unbranched alkanes of at least 4 members (excludes halogenated alkanes) is 23. The fraction of sp³-hybridized carbons (Fsp3) is 0.833. The van der Waals surface area contributed by atoms with Crippen LogP contribution in [0.25, 0.3) is 0 Å². The minimum Gasteiger partial charge on any atom is -0.756 e. The number of nitrogens with zero attached hydrogens (tertiary/aromatic N) is 1. The molecule has 0 aromatic carbocycles. The number of carbonyl (C=O) groups excluding carboxylic acids is 2. The lowest BCUT2D eigenvalue weighted by Gasteiger charge is -2.28. The quantitative estimate of drug-likeness (QED) is 0.0196. The van der Waals surface area contributed by atoms with E-state index in [4.69, 9.17) is 18.5 Å². The minimum atomic E-state index is -4.63. The van der Waals surface area contributed by atoms with E-state index in [1.54, 1.807) is 0 Å². The molecule has 0 radical (unpaired) electrons. The van der Waals surface area contributed by atoms with Crippen molar-refractivity contribution in [2.45, 2.75) is 213 Å². The van der Waals surface area contributed by atoms with Crippen LogP contribution in [0.1, 0.15) is 206 Å². The summed E-state index contributed by atoms with van der Waals surface area (Å²) in [5.41, 5.74) is 0. The highest BCUT2D eigenvalue weighted by molar-refractivity contribution is 7.45. The van der Waals surface area contributed by atoms with Crippen LogP contribution >= 0.6 is 7.82 Å². The van der Waals surface area contributed by atoms with Gasteiger partial charge in [-0.05, 0) is 44.9 Å². The lowest BCUT2D eigenvalue weighted by Crippen LogP contribution is -2.37. The zero-order valence-corrected chi connectivity index (χ0v) is 39.1. The van der Waals surface area contributed by atoms with Gasteiger partial charge in [-0.3, -0.25) is 14.2 Å². The van der Waals surface area contributed by atoms with Crippen molar-refractivity contribution in [2.75, 3.05) is 47.5 Å². The summed E-state index contributed by atoms with van der Waals surface area (Å²) in [5, 5.41) is 0. The lowest BCUT2D eigenvalue weighted by molar-refractivity contribution is -0.870. The SMILES string of the molecule is CCCCCCCC/C=C\C/C=C\C/C=C\CCCC(=O)OC[C@H](COP(=O)([O-])OCC[N+](C)(C)C)OC(=O)CCCCCCCCCCCCCCCCCCC. The van der Waals surface area contributed by atoms with E-state index >= 15 is 0 Å². The molecule has 0 aromatic rings. The van der Waals surface area contributed by atoms with Crippen LogP contribution in [0.4, 0.5) is 0 Å². The number of rotatable bonds is 43. The van der Waals surface area contributed by atoms with Crippen molar-refractivity contribution in [1.29, 1.82) is 0 Å². The van der Waals surface area contributed by atoms with Crippen LogP contribution in [0.5, 0.6) is 0 Å². The van der Waals surface area contributed by atoms with Gasteiger partial charge in [0.15, 0.2) is 6.10 Å². The third-order valence-electron chi connectivity index (χ3n) is 10.2. The second-order valence-corrected chi connectivity index (χ2v) is 18.5. The van der Waals surface area contributed by atoms with Crippen molar-refractivity contribution in [3.8, 4) is 0 Å². The molecule has 0 saturated carbocycles. The Morgan fingerprint density at radius 2 is 0.948 bits per heavy atom. The van der Waals surface area contributed by atoms with Crippen LogP contribution in [-0.4, -0.2) is 70.0 Å². The summed E-state index contributed by atoms with van der Waals surface area (Å²) >= 11 is 0. The van der Waals surface area contributed by atoms with Crippen molar-refractivity contribution >= 4 is 19.8 Å². The van der Waals surface area contributed by atoms with Crippen LogP contribution in [0.2, 0.25) is 0 Å². The summed E-state index contributed by atoms with van der Waals surface area (Å²) in [6, 6.07) is 0. The van der Waals surface area contributed by atoms with Crippen molar-refractivity contribution in [3.05, 3.63) is 36.5 Å². The fourth-order valence-corrected chi connectivity index (χ4v) is 7.16.